The standard InChI is InChI=1S/C14H20N2OS/c1-11(10-18-3)8-16-9-12-4-5-13(7-15)14(6-12)17-2/h4-6,11,16H,8-10H2,1-3H3. The third-order valence-corrected chi connectivity index (χ3v) is 3.56. The Bertz CT molecular complexity index is 415. The van der Waals surface area contributed by atoms with Crippen LogP contribution in [0.25, 0.3) is 0 Å². The third-order valence-electron chi connectivity index (χ3n) is 2.66. The summed E-state index contributed by atoms with van der Waals surface area (Å²) in [5.74, 6) is 2.48. The van der Waals surface area contributed by atoms with Crippen LogP contribution in [0.1, 0.15) is 18.1 Å². The van der Waals surface area contributed by atoms with Crippen LogP contribution in [-0.4, -0.2) is 25.7 Å². The molecule has 1 N–H and O–H groups in total. The first-order valence-electron chi connectivity index (χ1n) is 5.98. The second-order valence-corrected chi connectivity index (χ2v) is 5.25. The van der Waals surface area contributed by atoms with Gasteiger partial charge < -0.3 is 10.1 Å². The number of benzene rings is 1. The number of nitrogens with zero attached hydrogens (tertiary/aromatic N) is 1. The summed E-state index contributed by atoms with van der Waals surface area (Å²) in [4.78, 5) is 0. The maximum absolute atomic E-state index is 8.90. The second-order valence-electron chi connectivity index (χ2n) is 4.34. The molecule has 0 aliphatic carbocycles. The van der Waals surface area contributed by atoms with Gasteiger partial charge in [-0.1, -0.05) is 13.0 Å². The van der Waals surface area contributed by atoms with Crippen molar-refractivity contribution in [3.05, 3.63) is 29.3 Å². The van der Waals surface area contributed by atoms with Gasteiger partial charge in [0.15, 0.2) is 0 Å². The first-order chi connectivity index (χ1) is 8.71. The maximum Gasteiger partial charge on any atom is 0.136 e. The molecule has 1 rings (SSSR count). The number of thioether (sulfide) groups is 1. The lowest BCUT2D eigenvalue weighted by Gasteiger charge is -2.12. The average molecular weight is 264 g/mol. The van der Waals surface area contributed by atoms with E-state index in [1.54, 1.807) is 13.2 Å². The van der Waals surface area contributed by atoms with Gasteiger partial charge in [-0.3, -0.25) is 0 Å². The zero-order valence-electron chi connectivity index (χ0n) is 11.2. The van der Waals surface area contributed by atoms with Crippen LogP contribution in [0.5, 0.6) is 5.75 Å². The predicted octanol–water partition coefficient (Wildman–Crippen LogP) is 2.66. The Kier molecular flexibility index (Phi) is 6.63. The highest BCUT2D eigenvalue weighted by molar-refractivity contribution is 7.98. The van der Waals surface area contributed by atoms with Crippen LogP contribution >= 0.6 is 11.8 Å². The van der Waals surface area contributed by atoms with Crippen molar-refractivity contribution in [3.8, 4) is 11.8 Å². The van der Waals surface area contributed by atoms with Crippen LogP contribution in [-0.2, 0) is 6.54 Å². The number of rotatable bonds is 7. The first-order valence-corrected chi connectivity index (χ1v) is 7.37. The van der Waals surface area contributed by atoms with E-state index in [0.29, 0.717) is 17.2 Å². The molecule has 1 unspecified atom stereocenters. The molecule has 0 fully saturated rings. The monoisotopic (exact) mass is 264 g/mol. The zero-order valence-corrected chi connectivity index (χ0v) is 12.0. The van der Waals surface area contributed by atoms with Crippen molar-refractivity contribution in [2.45, 2.75) is 13.5 Å². The lowest BCUT2D eigenvalue weighted by molar-refractivity contribution is 0.412. The first kappa shape index (κ1) is 14.9. The molecule has 3 nitrogen and oxygen atoms in total. The second kappa shape index (κ2) is 8.02. The summed E-state index contributed by atoms with van der Waals surface area (Å²) in [6.45, 7) is 4.05. The molecule has 0 aliphatic rings. The largest absolute Gasteiger partial charge is 0.495 e. The van der Waals surface area contributed by atoms with E-state index >= 15 is 0 Å². The van der Waals surface area contributed by atoms with Crippen LogP contribution in [0.4, 0.5) is 0 Å². The molecule has 1 atom stereocenters. The molecule has 0 bridgehead atoms. The molecule has 0 amide bonds. The van der Waals surface area contributed by atoms with Crippen molar-refractivity contribution < 1.29 is 4.74 Å². The summed E-state index contributed by atoms with van der Waals surface area (Å²) in [6, 6.07) is 7.81. The van der Waals surface area contributed by atoms with E-state index in [0.717, 1.165) is 18.7 Å². The van der Waals surface area contributed by atoms with Gasteiger partial charge in [0.1, 0.15) is 11.8 Å². The zero-order chi connectivity index (χ0) is 13.4. The van der Waals surface area contributed by atoms with Crippen LogP contribution in [0.15, 0.2) is 18.2 Å². The average Bonchev–Trinajstić information content (AvgIpc) is 2.38. The fourth-order valence-corrected chi connectivity index (χ4v) is 2.43. The maximum atomic E-state index is 8.90. The fraction of sp³-hybridized carbons (Fsp3) is 0.500. The summed E-state index contributed by atoms with van der Waals surface area (Å²) in [5.41, 5.74) is 1.72. The topological polar surface area (TPSA) is 45.0 Å². The van der Waals surface area contributed by atoms with Gasteiger partial charge >= 0.3 is 0 Å². The molecule has 98 valence electrons. The number of hydrogen-bond acceptors (Lipinski definition) is 4. The quantitative estimate of drug-likeness (QED) is 0.822. The summed E-state index contributed by atoms with van der Waals surface area (Å²) >= 11 is 1.87. The van der Waals surface area contributed by atoms with E-state index in [4.69, 9.17) is 10.00 Å². The van der Waals surface area contributed by atoms with Crippen LogP contribution in [0.3, 0.4) is 0 Å². The van der Waals surface area contributed by atoms with Gasteiger partial charge in [-0.2, -0.15) is 17.0 Å². The summed E-state index contributed by atoms with van der Waals surface area (Å²) in [6.07, 6.45) is 2.13. The fourth-order valence-electron chi connectivity index (χ4n) is 1.74. The van der Waals surface area contributed by atoms with Crippen molar-refractivity contribution in [3.63, 3.8) is 0 Å². The smallest absolute Gasteiger partial charge is 0.136 e. The number of hydrogen-bond donors (Lipinski definition) is 1. The van der Waals surface area contributed by atoms with Crippen LogP contribution in [0, 0.1) is 17.2 Å². The minimum Gasteiger partial charge on any atom is -0.495 e. The van der Waals surface area contributed by atoms with Gasteiger partial charge in [-0.15, -0.1) is 0 Å². The van der Waals surface area contributed by atoms with E-state index in [2.05, 4.69) is 24.6 Å². The van der Waals surface area contributed by atoms with Gasteiger partial charge in [0, 0.05) is 6.54 Å². The summed E-state index contributed by atoms with van der Waals surface area (Å²) < 4.78 is 5.19. The van der Waals surface area contributed by atoms with Gasteiger partial charge in [0.25, 0.3) is 0 Å². The Hall–Kier alpha value is -1.18. The Labute approximate surface area is 114 Å². The van der Waals surface area contributed by atoms with Crippen LogP contribution < -0.4 is 10.1 Å². The molecule has 0 radical (unpaired) electrons. The predicted molar refractivity (Wildman–Crippen MR) is 77.0 cm³/mol. The normalized spacial score (nSPS) is 11.9. The Morgan fingerprint density at radius 3 is 2.89 bits per heavy atom. The number of nitrogens with one attached hydrogen (secondary N) is 1. The summed E-state index contributed by atoms with van der Waals surface area (Å²) in [7, 11) is 1.59. The van der Waals surface area contributed by atoms with Crippen molar-refractivity contribution in [2.24, 2.45) is 5.92 Å². The molecule has 0 spiro atoms. The molecule has 0 saturated heterocycles. The van der Waals surface area contributed by atoms with E-state index < -0.39 is 0 Å². The highest BCUT2D eigenvalue weighted by Gasteiger charge is 2.04. The Morgan fingerprint density at radius 2 is 2.28 bits per heavy atom. The molecular weight excluding hydrogens is 244 g/mol. The lowest BCUT2D eigenvalue weighted by atomic mass is 10.1. The summed E-state index contributed by atoms with van der Waals surface area (Å²) in [5, 5.41) is 12.3. The van der Waals surface area contributed by atoms with Gasteiger partial charge in [0.2, 0.25) is 0 Å². The molecule has 0 aliphatic heterocycles. The Morgan fingerprint density at radius 1 is 1.50 bits per heavy atom. The third kappa shape index (κ3) is 4.59. The van der Waals surface area contributed by atoms with Crippen LogP contribution in [0.2, 0.25) is 0 Å². The van der Waals surface area contributed by atoms with Crippen molar-refractivity contribution in [1.29, 1.82) is 5.26 Å². The highest BCUT2D eigenvalue weighted by atomic mass is 32.2. The van der Waals surface area contributed by atoms with E-state index in [1.165, 1.54) is 5.75 Å². The lowest BCUT2D eigenvalue weighted by Crippen LogP contribution is -2.22. The van der Waals surface area contributed by atoms with Gasteiger partial charge in [-0.05, 0) is 42.2 Å². The SMILES string of the molecule is COc1cc(CNCC(C)CSC)ccc1C#N. The molecular formula is C14H20N2OS. The molecule has 0 aromatic heterocycles. The van der Waals surface area contributed by atoms with E-state index in [9.17, 15) is 0 Å². The number of nitriles is 1. The number of ether oxygens (including phenoxy) is 1. The Balaban J connectivity index is 2.51. The molecule has 0 heterocycles. The minimum absolute atomic E-state index is 0.581. The molecule has 0 saturated carbocycles. The van der Waals surface area contributed by atoms with Crippen molar-refractivity contribution >= 4 is 11.8 Å². The molecule has 1 aromatic carbocycles. The number of methoxy groups -OCH3 is 1. The highest BCUT2D eigenvalue weighted by Crippen LogP contribution is 2.19. The van der Waals surface area contributed by atoms with Gasteiger partial charge in [0.05, 0.1) is 12.7 Å². The van der Waals surface area contributed by atoms with E-state index in [1.807, 2.05) is 23.9 Å². The molecule has 1 aromatic rings. The molecule has 18 heavy (non-hydrogen) atoms. The van der Waals surface area contributed by atoms with Crippen molar-refractivity contribution in [2.75, 3.05) is 25.7 Å². The minimum atomic E-state index is 0.581. The van der Waals surface area contributed by atoms with E-state index in [-0.39, 0.29) is 0 Å². The van der Waals surface area contributed by atoms with Crippen molar-refractivity contribution in [1.82, 2.24) is 5.32 Å². The molecule has 4 heteroatoms. The van der Waals surface area contributed by atoms with Gasteiger partial charge in [-0.25, -0.2) is 0 Å².